The number of benzene rings is 1. The summed E-state index contributed by atoms with van der Waals surface area (Å²) in [5.41, 5.74) is 0.570. The van der Waals surface area contributed by atoms with Crippen LogP contribution in [-0.4, -0.2) is 68.0 Å². The van der Waals surface area contributed by atoms with Crippen molar-refractivity contribution in [3.8, 4) is 5.75 Å². The number of methoxy groups -OCH3 is 1. The highest BCUT2D eigenvalue weighted by Crippen LogP contribution is 2.24. The maximum Gasteiger partial charge on any atom is 0.243 e. The number of amides is 2. The van der Waals surface area contributed by atoms with Gasteiger partial charge >= 0.3 is 0 Å². The van der Waals surface area contributed by atoms with Crippen LogP contribution in [0.4, 0.5) is 5.69 Å². The van der Waals surface area contributed by atoms with Gasteiger partial charge < -0.3 is 15.0 Å². The third kappa shape index (κ3) is 5.45. The maximum atomic E-state index is 12.9. The molecule has 0 saturated carbocycles. The van der Waals surface area contributed by atoms with E-state index in [0.717, 1.165) is 0 Å². The van der Waals surface area contributed by atoms with E-state index in [0.29, 0.717) is 43.8 Å². The summed E-state index contributed by atoms with van der Waals surface area (Å²) < 4.78 is 31.3. The van der Waals surface area contributed by atoms with Crippen LogP contribution in [0.2, 0.25) is 0 Å². The van der Waals surface area contributed by atoms with Crippen LogP contribution in [0.1, 0.15) is 33.1 Å². The van der Waals surface area contributed by atoms with E-state index in [-0.39, 0.29) is 24.1 Å². The van der Waals surface area contributed by atoms with E-state index in [1.54, 1.807) is 45.2 Å². The van der Waals surface area contributed by atoms with Gasteiger partial charge in [-0.25, -0.2) is 8.42 Å². The largest absolute Gasteiger partial charge is 0.497 e. The van der Waals surface area contributed by atoms with Gasteiger partial charge in [-0.15, -0.1) is 0 Å². The zero-order chi connectivity index (χ0) is 20.7. The second-order valence-corrected chi connectivity index (χ2v) is 8.76. The molecule has 2 amide bonds. The van der Waals surface area contributed by atoms with E-state index in [1.807, 2.05) is 0 Å². The minimum absolute atomic E-state index is 0.0270. The van der Waals surface area contributed by atoms with Gasteiger partial charge in [0.1, 0.15) is 11.8 Å². The fraction of sp³-hybridized carbons (Fsp3) is 0.579. The standard InChI is InChI=1S/C19H29N3O5S/c1-4-12-28(25,26)22-11-7-10-17(22)19(24)21(5-2)14-18(23)20-15-8-6-9-16(13-15)27-3/h6,8-9,13,17H,4-5,7,10-12,14H2,1-3H3,(H,20,23). The number of sulfonamides is 1. The van der Waals surface area contributed by atoms with Gasteiger partial charge in [0.15, 0.2) is 0 Å². The van der Waals surface area contributed by atoms with E-state index in [9.17, 15) is 18.0 Å². The van der Waals surface area contributed by atoms with Gasteiger partial charge in [0, 0.05) is 24.8 Å². The molecule has 156 valence electrons. The Labute approximate surface area is 166 Å². The van der Waals surface area contributed by atoms with Crippen molar-refractivity contribution < 1.29 is 22.7 Å². The topological polar surface area (TPSA) is 96.0 Å². The van der Waals surface area contributed by atoms with E-state index in [1.165, 1.54) is 9.21 Å². The van der Waals surface area contributed by atoms with E-state index < -0.39 is 16.1 Å². The zero-order valence-corrected chi connectivity index (χ0v) is 17.5. The lowest BCUT2D eigenvalue weighted by Crippen LogP contribution is -2.50. The van der Waals surface area contributed by atoms with Gasteiger partial charge in [0.25, 0.3) is 0 Å². The van der Waals surface area contributed by atoms with Gasteiger partial charge in [0.2, 0.25) is 21.8 Å². The Kier molecular flexibility index (Phi) is 7.82. The van der Waals surface area contributed by atoms with Crippen LogP contribution >= 0.6 is 0 Å². The quantitative estimate of drug-likeness (QED) is 0.667. The van der Waals surface area contributed by atoms with Crippen molar-refractivity contribution in [3.05, 3.63) is 24.3 Å². The van der Waals surface area contributed by atoms with Gasteiger partial charge in [-0.1, -0.05) is 13.0 Å². The van der Waals surface area contributed by atoms with Crippen LogP contribution < -0.4 is 10.1 Å². The fourth-order valence-electron chi connectivity index (χ4n) is 3.33. The first-order valence-corrected chi connectivity index (χ1v) is 11.2. The summed E-state index contributed by atoms with van der Waals surface area (Å²) in [7, 11) is -1.92. The third-order valence-electron chi connectivity index (χ3n) is 4.69. The van der Waals surface area contributed by atoms with Crippen LogP contribution in [0.5, 0.6) is 5.75 Å². The number of carbonyl (C=O) groups excluding carboxylic acids is 2. The molecule has 28 heavy (non-hydrogen) atoms. The molecule has 1 unspecified atom stereocenters. The first-order chi connectivity index (χ1) is 13.3. The van der Waals surface area contributed by atoms with Crippen molar-refractivity contribution in [2.24, 2.45) is 0 Å². The van der Waals surface area contributed by atoms with Crippen LogP contribution in [0.25, 0.3) is 0 Å². The normalized spacial score (nSPS) is 17.3. The fourth-order valence-corrected chi connectivity index (χ4v) is 5.07. The summed E-state index contributed by atoms with van der Waals surface area (Å²) in [6, 6.07) is 6.22. The van der Waals surface area contributed by atoms with Crippen LogP contribution in [0, 0.1) is 0 Å². The number of rotatable bonds is 9. The molecule has 1 aromatic carbocycles. The SMILES string of the molecule is CCCS(=O)(=O)N1CCCC1C(=O)N(CC)CC(=O)Nc1cccc(OC)c1. The highest BCUT2D eigenvalue weighted by atomic mass is 32.2. The van der Waals surface area contributed by atoms with Gasteiger partial charge in [-0.3, -0.25) is 9.59 Å². The molecule has 1 aliphatic rings. The number of carbonyl (C=O) groups is 2. The molecule has 1 heterocycles. The van der Waals surface area contributed by atoms with Gasteiger partial charge in [-0.05, 0) is 38.3 Å². The second-order valence-electron chi connectivity index (χ2n) is 6.72. The van der Waals surface area contributed by atoms with E-state index in [2.05, 4.69) is 5.32 Å². The molecule has 0 aliphatic carbocycles. The van der Waals surface area contributed by atoms with Gasteiger partial charge in [-0.2, -0.15) is 4.31 Å². The molecule has 0 spiro atoms. The molecule has 1 aliphatic heterocycles. The number of hydrogen-bond donors (Lipinski definition) is 1. The predicted molar refractivity (Wildman–Crippen MR) is 108 cm³/mol. The molecule has 1 saturated heterocycles. The van der Waals surface area contributed by atoms with Crippen molar-refractivity contribution in [1.82, 2.24) is 9.21 Å². The summed E-state index contributed by atoms with van der Waals surface area (Å²) >= 11 is 0. The lowest BCUT2D eigenvalue weighted by molar-refractivity contribution is -0.137. The lowest BCUT2D eigenvalue weighted by Gasteiger charge is -2.28. The summed E-state index contributed by atoms with van der Waals surface area (Å²) in [5, 5.41) is 2.74. The Balaban J connectivity index is 2.05. The summed E-state index contributed by atoms with van der Waals surface area (Å²) in [6.45, 7) is 4.11. The Morgan fingerprint density at radius 1 is 1.32 bits per heavy atom. The monoisotopic (exact) mass is 411 g/mol. The van der Waals surface area contributed by atoms with E-state index >= 15 is 0 Å². The third-order valence-corrected chi connectivity index (χ3v) is 6.77. The highest BCUT2D eigenvalue weighted by Gasteiger charge is 2.39. The summed E-state index contributed by atoms with van der Waals surface area (Å²) in [5.74, 6) is -0.0204. The van der Waals surface area contributed by atoms with Crippen LogP contribution in [-0.2, 0) is 19.6 Å². The molecule has 2 rings (SSSR count). The minimum Gasteiger partial charge on any atom is -0.497 e. The Morgan fingerprint density at radius 2 is 2.07 bits per heavy atom. The summed E-state index contributed by atoms with van der Waals surface area (Å²) in [6.07, 6.45) is 1.63. The van der Waals surface area contributed by atoms with Crippen molar-refractivity contribution in [2.45, 2.75) is 39.2 Å². The molecule has 1 atom stereocenters. The molecule has 1 fully saturated rings. The molecule has 0 radical (unpaired) electrons. The van der Waals surface area contributed by atoms with Crippen LogP contribution in [0.3, 0.4) is 0 Å². The highest BCUT2D eigenvalue weighted by molar-refractivity contribution is 7.89. The summed E-state index contributed by atoms with van der Waals surface area (Å²) in [4.78, 5) is 26.8. The van der Waals surface area contributed by atoms with Gasteiger partial charge in [0.05, 0.1) is 19.4 Å². The van der Waals surface area contributed by atoms with Crippen molar-refractivity contribution in [3.63, 3.8) is 0 Å². The maximum absolute atomic E-state index is 12.9. The zero-order valence-electron chi connectivity index (χ0n) is 16.7. The second kappa shape index (κ2) is 9.88. The molecule has 0 bridgehead atoms. The molecule has 1 aromatic rings. The average Bonchev–Trinajstić information content (AvgIpc) is 3.16. The van der Waals surface area contributed by atoms with Crippen molar-refractivity contribution >= 4 is 27.5 Å². The predicted octanol–water partition coefficient (Wildman–Crippen LogP) is 1.69. The molecule has 0 aromatic heterocycles. The number of likely N-dealkylation sites (N-methyl/N-ethyl adjacent to an activating group) is 1. The first-order valence-electron chi connectivity index (χ1n) is 9.54. The Hall–Kier alpha value is -2.13. The molecule has 9 heteroatoms. The Morgan fingerprint density at radius 3 is 2.71 bits per heavy atom. The minimum atomic E-state index is -3.46. The Bertz CT molecular complexity index is 797. The molecule has 8 nitrogen and oxygen atoms in total. The number of nitrogens with one attached hydrogen (secondary N) is 1. The number of anilines is 1. The average molecular weight is 412 g/mol. The lowest BCUT2D eigenvalue weighted by atomic mass is 10.2. The number of nitrogens with zero attached hydrogens (tertiary/aromatic N) is 2. The number of hydrogen-bond acceptors (Lipinski definition) is 5. The smallest absolute Gasteiger partial charge is 0.243 e. The number of ether oxygens (including phenoxy) is 1. The molecular weight excluding hydrogens is 382 g/mol. The van der Waals surface area contributed by atoms with Crippen LogP contribution in [0.15, 0.2) is 24.3 Å². The molecular formula is C19H29N3O5S. The van der Waals surface area contributed by atoms with E-state index in [4.69, 9.17) is 4.74 Å². The van der Waals surface area contributed by atoms with Crippen molar-refractivity contribution in [2.75, 3.05) is 37.8 Å². The van der Waals surface area contributed by atoms with Crippen molar-refractivity contribution in [1.29, 1.82) is 0 Å². The molecule has 1 N–H and O–H groups in total. The first kappa shape index (κ1) is 22.2.